The van der Waals surface area contributed by atoms with Crippen LogP contribution in [0.25, 0.3) is 0 Å². The maximum absolute atomic E-state index is 12.6. The fraction of sp³-hybridized carbons (Fsp3) is 0.133. The van der Waals surface area contributed by atoms with Crippen LogP contribution in [0.4, 0.5) is 0 Å². The van der Waals surface area contributed by atoms with Gasteiger partial charge < -0.3 is 10.2 Å². The number of para-hydroxylation sites is 1. The highest BCUT2D eigenvalue weighted by atomic mass is 35.5. The maximum atomic E-state index is 12.6. The molecule has 2 N–H and O–H groups in total. The van der Waals surface area contributed by atoms with Gasteiger partial charge in [0.15, 0.2) is 0 Å². The average molecular weight is 341 g/mol. The molecule has 0 aliphatic heterocycles. The number of carbonyl (C=O) groups is 1. The molecule has 1 atom stereocenters. The highest BCUT2D eigenvalue weighted by Crippen LogP contribution is 2.34. The second-order valence-corrected chi connectivity index (χ2v) is 7.01. The van der Waals surface area contributed by atoms with Crippen LogP contribution in [0.1, 0.15) is 18.4 Å². The highest BCUT2D eigenvalue weighted by Gasteiger charge is 2.25. The molecule has 116 valence electrons. The highest BCUT2D eigenvalue weighted by molar-refractivity contribution is 7.91. The number of aliphatic carboxylic acids is 1. The number of carboxylic acid groups (broad SMARTS) is 1. The number of rotatable bonds is 4. The number of phenolic OH excluding ortho intramolecular Hbond substituents is 1. The molecule has 2 aromatic rings. The first-order valence-electron chi connectivity index (χ1n) is 6.30. The lowest BCUT2D eigenvalue weighted by Gasteiger charge is -2.12. The number of hydrogen-bond donors (Lipinski definition) is 2. The summed E-state index contributed by atoms with van der Waals surface area (Å²) in [4.78, 5) is 10.5. The minimum absolute atomic E-state index is 0.0374. The summed E-state index contributed by atoms with van der Waals surface area (Å²) in [5, 5.41) is 18.7. The fourth-order valence-corrected chi connectivity index (χ4v) is 3.82. The Morgan fingerprint density at radius 2 is 1.77 bits per heavy atom. The van der Waals surface area contributed by atoms with E-state index in [1.54, 1.807) is 0 Å². The zero-order chi connectivity index (χ0) is 16.5. The van der Waals surface area contributed by atoms with Crippen molar-refractivity contribution in [3.05, 3.63) is 53.1 Å². The van der Waals surface area contributed by atoms with Crippen molar-refractivity contribution in [3.8, 4) is 5.75 Å². The predicted octanol–water partition coefficient (Wildman–Crippen LogP) is 3.07. The summed E-state index contributed by atoms with van der Waals surface area (Å²) in [6, 6.07) is 9.51. The third kappa shape index (κ3) is 2.93. The Morgan fingerprint density at radius 3 is 2.36 bits per heavy atom. The molecule has 0 aliphatic carbocycles. The molecule has 0 aliphatic rings. The van der Waals surface area contributed by atoms with E-state index in [-0.39, 0.29) is 14.8 Å². The zero-order valence-corrected chi connectivity index (χ0v) is 13.1. The van der Waals surface area contributed by atoms with Crippen LogP contribution in [-0.4, -0.2) is 24.6 Å². The van der Waals surface area contributed by atoms with E-state index in [1.807, 2.05) is 0 Å². The average Bonchev–Trinajstić information content (AvgIpc) is 2.47. The van der Waals surface area contributed by atoms with Gasteiger partial charge in [-0.2, -0.15) is 0 Å². The molecule has 2 rings (SSSR count). The van der Waals surface area contributed by atoms with Gasteiger partial charge in [0.1, 0.15) is 10.6 Å². The van der Waals surface area contributed by atoms with E-state index in [0.29, 0.717) is 5.56 Å². The second-order valence-electron chi connectivity index (χ2n) is 4.72. The number of aromatic hydroxyl groups is 1. The summed E-state index contributed by atoms with van der Waals surface area (Å²) in [7, 11) is -4.06. The van der Waals surface area contributed by atoms with E-state index in [0.717, 1.165) is 0 Å². The first-order chi connectivity index (χ1) is 10.2. The van der Waals surface area contributed by atoms with Crippen LogP contribution in [0.5, 0.6) is 5.75 Å². The van der Waals surface area contributed by atoms with Crippen molar-refractivity contribution in [1.82, 2.24) is 0 Å². The monoisotopic (exact) mass is 340 g/mol. The molecule has 2 aromatic carbocycles. The first kappa shape index (κ1) is 16.3. The van der Waals surface area contributed by atoms with E-state index in [4.69, 9.17) is 16.7 Å². The van der Waals surface area contributed by atoms with Gasteiger partial charge in [-0.3, -0.25) is 4.79 Å². The van der Waals surface area contributed by atoms with Gasteiger partial charge in [-0.05, 0) is 36.8 Å². The SMILES string of the molecule is CC(C(=O)O)c1ccc(Cl)c(S(=O)(=O)c2ccccc2O)c1. The fourth-order valence-electron chi connectivity index (χ4n) is 1.94. The van der Waals surface area contributed by atoms with Crippen LogP contribution in [0.15, 0.2) is 52.3 Å². The van der Waals surface area contributed by atoms with Gasteiger partial charge >= 0.3 is 5.97 Å². The Balaban J connectivity index is 2.64. The Kier molecular flexibility index (Phi) is 4.44. The quantitative estimate of drug-likeness (QED) is 0.892. The Labute approximate surface area is 132 Å². The van der Waals surface area contributed by atoms with Crippen molar-refractivity contribution in [2.75, 3.05) is 0 Å². The molecule has 0 spiro atoms. The third-order valence-corrected chi connectivity index (χ3v) is 5.55. The van der Waals surface area contributed by atoms with Crippen LogP contribution >= 0.6 is 11.6 Å². The number of carboxylic acids is 1. The molecule has 0 saturated heterocycles. The van der Waals surface area contributed by atoms with Gasteiger partial charge in [0.2, 0.25) is 9.84 Å². The van der Waals surface area contributed by atoms with Crippen LogP contribution in [0.3, 0.4) is 0 Å². The van der Waals surface area contributed by atoms with Crippen molar-refractivity contribution >= 4 is 27.4 Å². The van der Waals surface area contributed by atoms with E-state index < -0.39 is 27.5 Å². The van der Waals surface area contributed by atoms with E-state index in [9.17, 15) is 18.3 Å². The molecular weight excluding hydrogens is 328 g/mol. The van der Waals surface area contributed by atoms with E-state index in [2.05, 4.69) is 0 Å². The van der Waals surface area contributed by atoms with Crippen molar-refractivity contribution in [2.45, 2.75) is 22.6 Å². The lowest BCUT2D eigenvalue weighted by Crippen LogP contribution is -2.09. The topological polar surface area (TPSA) is 91.7 Å². The van der Waals surface area contributed by atoms with E-state index >= 15 is 0 Å². The van der Waals surface area contributed by atoms with Crippen molar-refractivity contribution in [3.63, 3.8) is 0 Å². The second kappa shape index (κ2) is 5.98. The molecule has 1 unspecified atom stereocenters. The largest absolute Gasteiger partial charge is 0.507 e. The summed E-state index contributed by atoms with van der Waals surface area (Å²) in [6.45, 7) is 1.45. The molecule has 0 bridgehead atoms. The molecule has 22 heavy (non-hydrogen) atoms. The van der Waals surface area contributed by atoms with E-state index in [1.165, 1.54) is 49.4 Å². The third-order valence-electron chi connectivity index (χ3n) is 3.27. The standard InChI is InChI=1S/C15H13ClO5S/c1-9(15(18)19)10-6-7-11(16)14(8-10)22(20,21)13-5-3-2-4-12(13)17/h2-9,17H,1H3,(H,18,19). The van der Waals surface area contributed by atoms with Crippen LogP contribution in [0.2, 0.25) is 5.02 Å². The molecule has 0 fully saturated rings. The van der Waals surface area contributed by atoms with Crippen LogP contribution < -0.4 is 0 Å². The summed E-state index contributed by atoms with van der Waals surface area (Å²) in [6.07, 6.45) is 0. The van der Waals surface area contributed by atoms with Crippen LogP contribution in [0, 0.1) is 0 Å². The summed E-state index contributed by atoms with van der Waals surface area (Å²) >= 11 is 5.96. The van der Waals surface area contributed by atoms with Gasteiger partial charge in [-0.25, -0.2) is 8.42 Å². The first-order valence-corrected chi connectivity index (χ1v) is 8.16. The molecule has 0 heterocycles. The molecule has 5 nitrogen and oxygen atoms in total. The summed E-state index contributed by atoms with van der Waals surface area (Å²) in [5.74, 6) is -2.35. The molecule has 0 aromatic heterocycles. The van der Waals surface area contributed by atoms with Gasteiger partial charge in [0.05, 0.1) is 15.8 Å². The molecular formula is C15H13ClO5S. The minimum Gasteiger partial charge on any atom is -0.507 e. The lowest BCUT2D eigenvalue weighted by atomic mass is 10.0. The summed E-state index contributed by atoms with van der Waals surface area (Å²) in [5.41, 5.74) is 0.311. The molecule has 0 amide bonds. The number of benzene rings is 2. The molecule has 0 radical (unpaired) electrons. The lowest BCUT2D eigenvalue weighted by molar-refractivity contribution is -0.138. The van der Waals surface area contributed by atoms with Gasteiger partial charge in [-0.15, -0.1) is 0 Å². The Hall–Kier alpha value is -2.05. The zero-order valence-electron chi connectivity index (χ0n) is 11.5. The van der Waals surface area contributed by atoms with Crippen molar-refractivity contribution in [1.29, 1.82) is 0 Å². The minimum atomic E-state index is -4.06. The van der Waals surface area contributed by atoms with Gasteiger partial charge in [0.25, 0.3) is 0 Å². The van der Waals surface area contributed by atoms with Crippen LogP contribution in [-0.2, 0) is 14.6 Å². The molecule has 0 saturated carbocycles. The van der Waals surface area contributed by atoms with Gasteiger partial charge in [0, 0.05) is 0 Å². The smallest absolute Gasteiger partial charge is 0.310 e. The predicted molar refractivity (Wildman–Crippen MR) is 81.1 cm³/mol. The Morgan fingerprint density at radius 1 is 1.14 bits per heavy atom. The normalized spacial score (nSPS) is 12.8. The number of sulfone groups is 1. The number of phenols is 1. The molecule has 7 heteroatoms. The van der Waals surface area contributed by atoms with Crippen molar-refractivity contribution < 1.29 is 23.4 Å². The Bertz CT molecular complexity index is 830. The number of halogens is 1. The summed E-state index contributed by atoms with van der Waals surface area (Å²) < 4.78 is 25.3. The van der Waals surface area contributed by atoms with Crippen molar-refractivity contribution in [2.24, 2.45) is 0 Å². The number of hydrogen-bond acceptors (Lipinski definition) is 4. The van der Waals surface area contributed by atoms with Gasteiger partial charge in [-0.1, -0.05) is 29.8 Å². The maximum Gasteiger partial charge on any atom is 0.310 e.